The maximum absolute atomic E-state index is 12.2. The number of alkyl carbamates (subject to hydrolysis) is 1. The Balaban J connectivity index is 2.23. The highest BCUT2D eigenvalue weighted by atomic mass is 79.9. The van der Waals surface area contributed by atoms with Gasteiger partial charge in [0.1, 0.15) is 5.75 Å². The predicted octanol–water partition coefficient (Wildman–Crippen LogP) is 3.52. The number of alkyl halides is 3. The van der Waals surface area contributed by atoms with Crippen molar-refractivity contribution in [2.75, 3.05) is 6.61 Å². The number of nitrogens with one attached hydrogen (secondary N) is 1. The summed E-state index contributed by atoms with van der Waals surface area (Å²) in [6, 6.07) is 3.68. The second-order valence-corrected chi connectivity index (χ2v) is 4.81. The van der Waals surface area contributed by atoms with Crippen LogP contribution in [0.3, 0.4) is 0 Å². The van der Waals surface area contributed by atoms with E-state index < -0.39 is 18.5 Å². The monoisotopic (exact) mass is 339 g/mol. The molecule has 0 unspecified atom stereocenters. The van der Waals surface area contributed by atoms with E-state index >= 15 is 0 Å². The van der Waals surface area contributed by atoms with Crippen LogP contribution in [-0.4, -0.2) is 19.1 Å². The number of hydrogen-bond donors (Lipinski definition) is 1. The molecule has 1 fully saturated rings. The van der Waals surface area contributed by atoms with Crippen LogP contribution < -0.4 is 10.1 Å². The summed E-state index contributed by atoms with van der Waals surface area (Å²) in [5.41, 5.74) is 0.519. The molecule has 0 aromatic heterocycles. The lowest BCUT2D eigenvalue weighted by Gasteiger charge is -2.24. The molecule has 4 nitrogen and oxygen atoms in total. The summed E-state index contributed by atoms with van der Waals surface area (Å²) in [7, 11) is 0. The van der Waals surface area contributed by atoms with Gasteiger partial charge in [0, 0.05) is 10.9 Å². The molecule has 0 saturated carbocycles. The lowest BCUT2D eigenvalue weighted by molar-refractivity contribution is -0.274. The highest BCUT2D eigenvalue weighted by molar-refractivity contribution is 9.10. The minimum absolute atomic E-state index is 0.221. The zero-order chi connectivity index (χ0) is 14.0. The fourth-order valence-electron chi connectivity index (χ4n) is 1.75. The molecule has 104 valence electrons. The number of hydrogen-bond acceptors (Lipinski definition) is 3. The molecule has 1 atom stereocenters. The fourth-order valence-corrected chi connectivity index (χ4v) is 2.24. The zero-order valence-electron chi connectivity index (χ0n) is 9.46. The lowest BCUT2D eigenvalue weighted by Crippen LogP contribution is -2.35. The number of ether oxygens (including phenoxy) is 2. The number of benzene rings is 1. The summed E-state index contributed by atoms with van der Waals surface area (Å²) in [6.45, 7) is 0.221. The van der Waals surface area contributed by atoms with Gasteiger partial charge in [-0.15, -0.1) is 13.2 Å². The number of cyclic esters (lactones) is 1. The lowest BCUT2D eigenvalue weighted by atomic mass is 10.0. The van der Waals surface area contributed by atoms with Gasteiger partial charge in [-0.3, -0.25) is 0 Å². The molecule has 1 amide bonds. The van der Waals surface area contributed by atoms with Gasteiger partial charge in [0.15, 0.2) is 0 Å². The van der Waals surface area contributed by atoms with Gasteiger partial charge in [0.05, 0.1) is 12.6 Å². The normalized spacial score (nSPS) is 19.6. The van der Waals surface area contributed by atoms with E-state index in [1.165, 1.54) is 12.1 Å². The van der Waals surface area contributed by atoms with Crippen LogP contribution >= 0.6 is 15.9 Å². The number of amides is 1. The molecule has 2 rings (SSSR count). The molecule has 1 N–H and O–H groups in total. The third-order valence-electron chi connectivity index (χ3n) is 2.46. The molecule has 1 aromatic rings. The predicted molar refractivity (Wildman–Crippen MR) is 62.7 cm³/mol. The van der Waals surface area contributed by atoms with Gasteiger partial charge in [-0.1, -0.05) is 15.9 Å². The Bertz CT molecular complexity index is 493. The third kappa shape index (κ3) is 4.02. The van der Waals surface area contributed by atoms with E-state index in [4.69, 9.17) is 4.74 Å². The van der Waals surface area contributed by atoms with Crippen LogP contribution in [0.4, 0.5) is 18.0 Å². The van der Waals surface area contributed by atoms with Crippen LogP contribution in [0.1, 0.15) is 18.0 Å². The Morgan fingerprint density at radius 2 is 2.11 bits per heavy atom. The second-order valence-electron chi connectivity index (χ2n) is 3.89. The van der Waals surface area contributed by atoms with Crippen molar-refractivity contribution in [1.29, 1.82) is 0 Å². The van der Waals surface area contributed by atoms with Crippen LogP contribution in [0.25, 0.3) is 0 Å². The first-order valence-corrected chi connectivity index (χ1v) is 6.12. The van der Waals surface area contributed by atoms with Gasteiger partial charge in [-0.25, -0.2) is 4.79 Å². The molecule has 1 saturated heterocycles. The van der Waals surface area contributed by atoms with Crippen LogP contribution in [0.15, 0.2) is 22.7 Å². The highest BCUT2D eigenvalue weighted by Crippen LogP contribution is 2.31. The van der Waals surface area contributed by atoms with Crippen molar-refractivity contribution >= 4 is 22.0 Å². The topological polar surface area (TPSA) is 47.6 Å². The summed E-state index contributed by atoms with van der Waals surface area (Å²) in [5, 5.41) is 2.53. The molecule has 8 heteroatoms. The van der Waals surface area contributed by atoms with Crippen molar-refractivity contribution in [1.82, 2.24) is 5.32 Å². The maximum Gasteiger partial charge on any atom is 0.573 e. The summed E-state index contributed by atoms with van der Waals surface area (Å²) in [5.74, 6) is -0.336. The molecular weight excluding hydrogens is 331 g/mol. The first-order valence-electron chi connectivity index (χ1n) is 5.33. The molecular formula is C11H9BrF3NO3. The van der Waals surface area contributed by atoms with Gasteiger partial charge in [-0.05, 0) is 23.8 Å². The minimum Gasteiger partial charge on any atom is -0.449 e. The Morgan fingerprint density at radius 3 is 2.74 bits per heavy atom. The van der Waals surface area contributed by atoms with E-state index in [-0.39, 0.29) is 12.4 Å². The summed E-state index contributed by atoms with van der Waals surface area (Å²) >= 11 is 3.11. The molecule has 1 heterocycles. The molecule has 1 aromatic carbocycles. The third-order valence-corrected chi connectivity index (χ3v) is 2.92. The zero-order valence-corrected chi connectivity index (χ0v) is 11.0. The van der Waals surface area contributed by atoms with Gasteiger partial charge >= 0.3 is 12.5 Å². The molecule has 1 aliphatic heterocycles. The molecule has 0 spiro atoms. The SMILES string of the molecule is O=C1N[C@H](c2cc(Br)cc(OC(F)(F)F)c2)CCO1. The number of rotatable bonds is 2. The minimum atomic E-state index is -4.75. The Labute approximate surface area is 115 Å². The average molecular weight is 340 g/mol. The van der Waals surface area contributed by atoms with Gasteiger partial charge in [0.25, 0.3) is 0 Å². The smallest absolute Gasteiger partial charge is 0.449 e. The number of halogens is 4. The summed E-state index contributed by atoms with van der Waals surface area (Å²) in [4.78, 5) is 11.1. The second kappa shape index (κ2) is 5.28. The van der Waals surface area contributed by atoms with E-state index in [9.17, 15) is 18.0 Å². The van der Waals surface area contributed by atoms with Crippen molar-refractivity contribution < 1.29 is 27.4 Å². The largest absolute Gasteiger partial charge is 0.573 e. The van der Waals surface area contributed by atoms with Gasteiger partial charge in [0.2, 0.25) is 0 Å². The fraction of sp³-hybridized carbons (Fsp3) is 0.364. The Hall–Kier alpha value is -1.44. The van der Waals surface area contributed by atoms with E-state index in [2.05, 4.69) is 26.0 Å². The van der Waals surface area contributed by atoms with Crippen molar-refractivity contribution in [3.05, 3.63) is 28.2 Å². The quantitative estimate of drug-likeness (QED) is 0.896. The van der Waals surface area contributed by atoms with Crippen molar-refractivity contribution in [2.45, 2.75) is 18.8 Å². The van der Waals surface area contributed by atoms with Crippen LogP contribution in [-0.2, 0) is 4.74 Å². The van der Waals surface area contributed by atoms with Gasteiger partial charge in [-0.2, -0.15) is 0 Å². The first-order chi connectivity index (χ1) is 8.83. The van der Waals surface area contributed by atoms with E-state index in [1.54, 1.807) is 6.07 Å². The van der Waals surface area contributed by atoms with Gasteiger partial charge < -0.3 is 14.8 Å². The van der Waals surface area contributed by atoms with E-state index in [1.807, 2.05) is 0 Å². The first kappa shape index (κ1) is 14.0. The van der Waals surface area contributed by atoms with Crippen LogP contribution in [0, 0.1) is 0 Å². The Kier molecular flexibility index (Phi) is 3.88. The van der Waals surface area contributed by atoms with E-state index in [0.717, 1.165) is 0 Å². The van der Waals surface area contributed by atoms with Crippen LogP contribution in [0.2, 0.25) is 0 Å². The molecule has 19 heavy (non-hydrogen) atoms. The Morgan fingerprint density at radius 1 is 1.37 bits per heavy atom. The number of carbonyl (C=O) groups is 1. The molecule has 1 aliphatic rings. The molecule has 0 aliphatic carbocycles. The summed E-state index contributed by atoms with van der Waals surface area (Å²) < 4.78 is 45.5. The van der Waals surface area contributed by atoms with Crippen LogP contribution in [0.5, 0.6) is 5.75 Å². The molecule has 0 radical (unpaired) electrons. The van der Waals surface area contributed by atoms with Crippen molar-refractivity contribution in [3.63, 3.8) is 0 Å². The van der Waals surface area contributed by atoms with Crippen molar-refractivity contribution in [2.24, 2.45) is 0 Å². The van der Waals surface area contributed by atoms with E-state index in [0.29, 0.717) is 16.5 Å². The van der Waals surface area contributed by atoms with Crippen molar-refractivity contribution in [3.8, 4) is 5.75 Å². The maximum atomic E-state index is 12.2. The summed E-state index contributed by atoms with van der Waals surface area (Å²) in [6.07, 6.45) is -4.86. The standard InChI is InChI=1S/C11H9BrF3NO3/c12-7-3-6(9-1-2-18-10(17)16-9)4-8(5-7)19-11(13,14)15/h3-5,9H,1-2H2,(H,16,17)/t9-/m0/s1. The molecule has 0 bridgehead atoms. The average Bonchev–Trinajstić information content (AvgIpc) is 2.25. The highest BCUT2D eigenvalue weighted by Gasteiger charge is 2.31. The number of carbonyl (C=O) groups excluding carboxylic acids is 1.